The number of nitrogens with one attached hydrogen (secondary N) is 2. The van der Waals surface area contributed by atoms with E-state index in [1.54, 1.807) is 38.1 Å². The third-order valence-corrected chi connectivity index (χ3v) is 8.61. The lowest BCUT2D eigenvalue weighted by atomic mass is 9.95. The predicted molar refractivity (Wildman–Crippen MR) is 118 cm³/mol. The van der Waals surface area contributed by atoms with Crippen LogP contribution in [0.5, 0.6) is 0 Å². The molecule has 1 fully saturated rings. The van der Waals surface area contributed by atoms with E-state index in [1.165, 1.54) is 10.4 Å². The molecule has 0 aliphatic carbocycles. The van der Waals surface area contributed by atoms with E-state index in [1.807, 2.05) is 6.07 Å². The van der Waals surface area contributed by atoms with Gasteiger partial charge in [-0.15, -0.1) is 0 Å². The van der Waals surface area contributed by atoms with Crippen LogP contribution < -0.4 is 5.56 Å². The van der Waals surface area contributed by atoms with Crippen LogP contribution in [-0.4, -0.2) is 29.0 Å². The van der Waals surface area contributed by atoms with Crippen LogP contribution in [0.4, 0.5) is 8.78 Å². The highest BCUT2D eigenvalue weighted by atomic mass is 32.2. The Morgan fingerprint density at radius 2 is 1.78 bits per heavy atom. The van der Waals surface area contributed by atoms with Crippen molar-refractivity contribution in [2.45, 2.75) is 50.4 Å². The SMILES string of the molecule is CC(c1cc(=O)[nH][nH]1)c1cc(F)c(CN2[C@@H](C)CCC(c3ccccc3)S2(=O)=O)cc1F. The average Bonchev–Trinajstić information content (AvgIpc) is 3.19. The molecule has 0 radical (unpaired) electrons. The fourth-order valence-corrected chi connectivity index (χ4v) is 6.51. The van der Waals surface area contributed by atoms with Crippen LogP contribution in [0.3, 0.4) is 0 Å². The second-order valence-corrected chi connectivity index (χ2v) is 10.4. The number of nitrogens with zero attached hydrogens (tertiary/aromatic N) is 1. The first-order valence-electron chi connectivity index (χ1n) is 10.5. The van der Waals surface area contributed by atoms with Gasteiger partial charge in [-0.25, -0.2) is 17.2 Å². The van der Waals surface area contributed by atoms with Crippen LogP contribution in [0.25, 0.3) is 0 Å². The Morgan fingerprint density at radius 3 is 2.44 bits per heavy atom. The topological polar surface area (TPSA) is 86.0 Å². The Bertz CT molecular complexity index is 1270. The Morgan fingerprint density at radius 1 is 1.06 bits per heavy atom. The summed E-state index contributed by atoms with van der Waals surface area (Å²) in [6, 6.07) is 12.1. The van der Waals surface area contributed by atoms with Gasteiger partial charge in [0.25, 0.3) is 5.56 Å². The fourth-order valence-electron chi connectivity index (χ4n) is 4.32. The van der Waals surface area contributed by atoms with Crippen LogP contribution in [0.2, 0.25) is 0 Å². The van der Waals surface area contributed by atoms with Gasteiger partial charge >= 0.3 is 0 Å². The van der Waals surface area contributed by atoms with Crippen LogP contribution in [0, 0.1) is 11.6 Å². The highest BCUT2D eigenvalue weighted by molar-refractivity contribution is 7.89. The van der Waals surface area contributed by atoms with Crippen LogP contribution in [0.15, 0.2) is 53.3 Å². The molecule has 2 heterocycles. The van der Waals surface area contributed by atoms with E-state index in [0.29, 0.717) is 24.1 Å². The lowest BCUT2D eigenvalue weighted by Gasteiger charge is -2.37. The van der Waals surface area contributed by atoms with Crippen LogP contribution in [0.1, 0.15) is 60.2 Å². The molecule has 0 amide bonds. The minimum absolute atomic E-state index is 0.0230. The molecule has 0 saturated carbocycles. The van der Waals surface area contributed by atoms with Gasteiger partial charge in [0.2, 0.25) is 10.0 Å². The van der Waals surface area contributed by atoms with Gasteiger partial charge in [0.1, 0.15) is 16.9 Å². The van der Waals surface area contributed by atoms with Crippen molar-refractivity contribution in [2.24, 2.45) is 0 Å². The number of aromatic amines is 2. The smallest absolute Gasteiger partial charge is 0.264 e. The van der Waals surface area contributed by atoms with Crippen LogP contribution >= 0.6 is 0 Å². The van der Waals surface area contributed by atoms with Crippen molar-refractivity contribution in [3.8, 4) is 0 Å². The molecule has 2 aromatic carbocycles. The highest BCUT2D eigenvalue weighted by Gasteiger charge is 2.40. The predicted octanol–water partition coefficient (Wildman–Crippen LogP) is 4.19. The van der Waals surface area contributed by atoms with Gasteiger partial charge in [-0.2, -0.15) is 4.31 Å². The lowest BCUT2D eigenvalue weighted by Crippen LogP contribution is -2.44. The lowest BCUT2D eigenvalue weighted by molar-refractivity contribution is 0.278. The summed E-state index contributed by atoms with van der Waals surface area (Å²) in [5.41, 5.74) is 0.824. The Kier molecular flexibility index (Phi) is 6.05. The van der Waals surface area contributed by atoms with Crippen molar-refractivity contribution >= 4 is 10.0 Å². The zero-order valence-corrected chi connectivity index (χ0v) is 18.6. The van der Waals surface area contributed by atoms with E-state index < -0.39 is 32.8 Å². The molecule has 170 valence electrons. The Hall–Kier alpha value is -2.78. The zero-order valence-electron chi connectivity index (χ0n) is 17.8. The maximum atomic E-state index is 15.0. The molecule has 2 unspecified atom stereocenters. The number of hydrogen-bond acceptors (Lipinski definition) is 3. The molecule has 1 aliphatic heterocycles. The van der Waals surface area contributed by atoms with E-state index in [9.17, 15) is 22.0 Å². The number of H-pyrrole nitrogens is 2. The maximum absolute atomic E-state index is 15.0. The third kappa shape index (κ3) is 4.14. The Balaban J connectivity index is 1.64. The van der Waals surface area contributed by atoms with Crippen LogP contribution in [-0.2, 0) is 16.6 Å². The largest absolute Gasteiger partial charge is 0.302 e. The van der Waals surface area contributed by atoms with Crippen molar-refractivity contribution < 1.29 is 17.2 Å². The van der Waals surface area contributed by atoms with Gasteiger partial charge in [-0.1, -0.05) is 37.3 Å². The first-order chi connectivity index (χ1) is 15.2. The van der Waals surface area contributed by atoms with E-state index in [-0.39, 0.29) is 29.3 Å². The molecule has 2 N–H and O–H groups in total. The van der Waals surface area contributed by atoms with Gasteiger partial charge in [-0.05, 0) is 43.0 Å². The first kappa shape index (κ1) is 22.4. The van der Waals surface area contributed by atoms with Gasteiger partial charge in [0.05, 0.1) is 0 Å². The van der Waals surface area contributed by atoms with Gasteiger partial charge in [-0.3, -0.25) is 9.89 Å². The average molecular weight is 462 g/mol. The van der Waals surface area contributed by atoms with Crippen molar-refractivity contribution in [3.05, 3.63) is 92.9 Å². The second kappa shape index (κ2) is 8.63. The van der Waals surface area contributed by atoms with Gasteiger partial charge < -0.3 is 5.10 Å². The van der Waals surface area contributed by atoms with Crippen molar-refractivity contribution in [1.82, 2.24) is 14.5 Å². The number of benzene rings is 2. The molecule has 3 atom stereocenters. The molecule has 1 aliphatic rings. The summed E-state index contributed by atoms with van der Waals surface area (Å²) in [6.07, 6.45) is 1.10. The maximum Gasteiger partial charge on any atom is 0.264 e. The summed E-state index contributed by atoms with van der Waals surface area (Å²) in [5.74, 6) is -1.93. The second-order valence-electron chi connectivity index (χ2n) is 8.32. The standard InChI is InChI=1S/C23H25F2N3O3S/c1-14-8-9-22(16-6-4-3-5-7-16)32(30,31)28(14)13-17-10-20(25)18(11-19(17)24)15(2)21-12-23(29)27-26-21/h3-7,10-12,14-15,22H,8-9,13H2,1-2H3,(H2,26,27,29)/t14-,15?,22?/m0/s1. The monoisotopic (exact) mass is 461 g/mol. The van der Waals surface area contributed by atoms with Gasteiger partial charge in [0, 0.05) is 35.8 Å². The molecule has 6 nitrogen and oxygen atoms in total. The Labute approximate surface area is 185 Å². The van der Waals surface area contributed by atoms with E-state index in [2.05, 4.69) is 10.2 Å². The summed E-state index contributed by atoms with van der Waals surface area (Å²) in [6.45, 7) is 3.19. The molecular weight excluding hydrogens is 436 g/mol. The van der Waals surface area contributed by atoms with Gasteiger partial charge in [0.15, 0.2) is 0 Å². The molecule has 4 rings (SSSR count). The number of aromatic nitrogens is 2. The first-order valence-corrected chi connectivity index (χ1v) is 12.0. The normalized spacial score (nSPS) is 22.0. The van der Waals surface area contributed by atoms with E-state index >= 15 is 0 Å². The minimum atomic E-state index is -3.76. The molecule has 1 aromatic heterocycles. The molecule has 0 bridgehead atoms. The van der Waals surface area contributed by atoms with E-state index in [4.69, 9.17) is 0 Å². The summed E-state index contributed by atoms with van der Waals surface area (Å²) >= 11 is 0. The number of hydrogen-bond donors (Lipinski definition) is 2. The summed E-state index contributed by atoms with van der Waals surface area (Å²) in [4.78, 5) is 11.4. The summed E-state index contributed by atoms with van der Waals surface area (Å²) < 4.78 is 57.9. The summed E-state index contributed by atoms with van der Waals surface area (Å²) in [7, 11) is -3.76. The molecule has 3 aromatic rings. The fraction of sp³-hybridized carbons (Fsp3) is 0.348. The van der Waals surface area contributed by atoms with E-state index in [0.717, 1.165) is 12.1 Å². The molecule has 9 heteroatoms. The minimum Gasteiger partial charge on any atom is -0.302 e. The summed E-state index contributed by atoms with van der Waals surface area (Å²) in [5, 5.41) is 4.32. The molecule has 32 heavy (non-hydrogen) atoms. The number of halogens is 2. The molecule has 1 saturated heterocycles. The van der Waals surface area contributed by atoms with Crippen molar-refractivity contribution in [2.75, 3.05) is 0 Å². The molecular formula is C23H25F2N3O3S. The quantitative estimate of drug-likeness (QED) is 0.598. The third-order valence-electron chi connectivity index (χ3n) is 6.24. The van der Waals surface area contributed by atoms with Crippen molar-refractivity contribution in [3.63, 3.8) is 0 Å². The molecule has 0 spiro atoms. The van der Waals surface area contributed by atoms with Crippen molar-refractivity contribution in [1.29, 1.82) is 0 Å². The zero-order chi connectivity index (χ0) is 23.0. The number of rotatable bonds is 5. The number of sulfonamides is 1. The highest BCUT2D eigenvalue weighted by Crippen LogP contribution is 2.38.